The minimum atomic E-state index is -0.748. The average Bonchev–Trinajstić information content (AvgIpc) is 2.82. The second-order valence-corrected chi connectivity index (χ2v) is 2.81. The number of aliphatic carboxylic acids is 1. The van der Waals surface area contributed by atoms with Crippen LogP contribution in [0.1, 0.15) is 19.3 Å². The van der Waals surface area contributed by atoms with E-state index >= 15 is 0 Å². The Balaban J connectivity index is 0.000000145. The van der Waals surface area contributed by atoms with Crippen molar-refractivity contribution < 1.29 is 9.90 Å². The Labute approximate surface area is 77.1 Å². The zero-order valence-corrected chi connectivity index (χ0v) is 7.36. The summed E-state index contributed by atoms with van der Waals surface area (Å²) in [5.74, 6) is -0.748. The molecule has 0 aliphatic heterocycles. The Kier molecular flexibility index (Phi) is 3.82. The molecule has 0 fully saturated rings. The number of carbonyl (C=O) groups is 1. The van der Waals surface area contributed by atoms with Crippen molar-refractivity contribution in [3.8, 4) is 0 Å². The monoisotopic (exact) mass is 179 g/mol. The van der Waals surface area contributed by atoms with E-state index in [4.69, 9.17) is 5.11 Å². The first-order valence-electron chi connectivity index (χ1n) is 4.31. The first-order chi connectivity index (χ1) is 6.30. The van der Waals surface area contributed by atoms with Gasteiger partial charge in [0.05, 0.1) is 0 Å². The van der Waals surface area contributed by atoms with E-state index in [1.54, 1.807) is 6.08 Å². The third kappa shape index (κ3) is 3.60. The summed E-state index contributed by atoms with van der Waals surface area (Å²) in [6.45, 7) is 0. The second kappa shape index (κ2) is 5.19. The van der Waals surface area contributed by atoms with Crippen LogP contribution in [0, 0.1) is 0 Å². The van der Waals surface area contributed by atoms with Crippen molar-refractivity contribution >= 4 is 5.97 Å². The zero-order chi connectivity index (χ0) is 9.52. The van der Waals surface area contributed by atoms with E-state index in [0.717, 1.165) is 19.3 Å². The first kappa shape index (κ1) is 9.58. The lowest BCUT2D eigenvalue weighted by molar-refractivity contribution is -0.132. The summed E-state index contributed by atoms with van der Waals surface area (Å²) < 4.78 is 0. The number of nitrogens with one attached hydrogen (secondary N) is 1. The molecule has 3 heteroatoms. The average molecular weight is 179 g/mol. The van der Waals surface area contributed by atoms with Crippen LogP contribution < -0.4 is 0 Å². The summed E-state index contributed by atoms with van der Waals surface area (Å²) >= 11 is 0. The molecule has 2 N–H and O–H groups in total. The van der Waals surface area contributed by atoms with Crippen molar-refractivity contribution in [2.75, 3.05) is 0 Å². The molecule has 70 valence electrons. The molecular formula is C10H13NO2. The number of aromatic amines is 1. The Hall–Kier alpha value is -1.51. The number of rotatable bonds is 1. The smallest absolute Gasteiger partial charge is 0.331 e. The van der Waals surface area contributed by atoms with Gasteiger partial charge in [-0.05, 0) is 31.4 Å². The van der Waals surface area contributed by atoms with E-state index in [1.165, 1.54) is 0 Å². The summed E-state index contributed by atoms with van der Waals surface area (Å²) in [6, 6.07) is 3.89. The molecule has 0 bridgehead atoms. The molecule has 1 aliphatic carbocycles. The van der Waals surface area contributed by atoms with Crippen molar-refractivity contribution in [3.63, 3.8) is 0 Å². The number of hydrogen-bond donors (Lipinski definition) is 2. The van der Waals surface area contributed by atoms with Gasteiger partial charge in [-0.3, -0.25) is 0 Å². The number of allylic oxidation sites excluding steroid dienone is 1. The van der Waals surface area contributed by atoms with Crippen LogP contribution in [0.2, 0.25) is 0 Å². The highest BCUT2D eigenvalue weighted by Gasteiger charge is 2.09. The lowest BCUT2D eigenvalue weighted by atomic mass is 10.2. The topological polar surface area (TPSA) is 53.1 Å². The molecule has 0 saturated carbocycles. The quantitative estimate of drug-likeness (QED) is 0.694. The highest BCUT2D eigenvalue weighted by molar-refractivity contribution is 5.86. The number of hydrogen-bond acceptors (Lipinski definition) is 1. The maximum Gasteiger partial charge on any atom is 0.331 e. The molecule has 2 rings (SSSR count). The highest BCUT2D eigenvalue weighted by Crippen LogP contribution is 2.16. The van der Waals surface area contributed by atoms with Crippen LogP contribution in [0.3, 0.4) is 0 Å². The Bertz CT molecular complexity index is 258. The van der Waals surface area contributed by atoms with Crippen LogP contribution in [-0.4, -0.2) is 16.1 Å². The molecule has 0 radical (unpaired) electrons. The van der Waals surface area contributed by atoms with Gasteiger partial charge in [0.1, 0.15) is 0 Å². The molecule has 0 amide bonds. The number of H-pyrrole nitrogens is 1. The van der Waals surface area contributed by atoms with Crippen LogP contribution >= 0.6 is 0 Å². The second-order valence-electron chi connectivity index (χ2n) is 2.81. The molecule has 0 saturated heterocycles. The van der Waals surface area contributed by atoms with Crippen molar-refractivity contribution in [3.05, 3.63) is 36.2 Å². The lowest BCUT2D eigenvalue weighted by Gasteiger charge is -1.87. The molecule has 0 atom stereocenters. The van der Waals surface area contributed by atoms with E-state index in [-0.39, 0.29) is 0 Å². The van der Waals surface area contributed by atoms with Crippen LogP contribution in [0.15, 0.2) is 36.2 Å². The normalized spacial score (nSPS) is 14.3. The fourth-order valence-corrected chi connectivity index (χ4v) is 1.14. The fourth-order valence-electron chi connectivity index (χ4n) is 1.14. The summed E-state index contributed by atoms with van der Waals surface area (Å²) in [5, 5.41) is 8.34. The SMILES string of the molecule is O=C(O)C1=CCCC1.c1cc[nH]c1. The highest BCUT2D eigenvalue weighted by atomic mass is 16.4. The van der Waals surface area contributed by atoms with Crippen molar-refractivity contribution in [2.24, 2.45) is 0 Å². The van der Waals surface area contributed by atoms with Crippen molar-refractivity contribution in [2.45, 2.75) is 19.3 Å². The molecule has 1 aromatic heterocycles. The van der Waals surface area contributed by atoms with Gasteiger partial charge in [0.2, 0.25) is 0 Å². The Morgan fingerprint density at radius 1 is 1.38 bits per heavy atom. The van der Waals surface area contributed by atoms with Gasteiger partial charge in [0, 0.05) is 18.0 Å². The lowest BCUT2D eigenvalue weighted by Crippen LogP contribution is -1.95. The maximum atomic E-state index is 10.1. The van der Waals surface area contributed by atoms with E-state index in [9.17, 15) is 4.79 Å². The summed E-state index contributed by atoms with van der Waals surface area (Å²) in [6.07, 6.45) is 8.26. The van der Waals surface area contributed by atoms with Gasteiger partial charge in [-0.1, -0.05) is 6.08 Å². The first-order valence-corrected chi connectivity index (χ1v) is 4.31. The van der Waals surface area contributed by atoms with Gasteiger partial charge in [-0.25, -0.2) is 4.79 Å². The van der Waals surface area contributed by atoms with Gasteiger partial charge in [-0.2, -0.15) is 0 Å². The molecule has 0 unspecified atom stereocenters. The maximum absolute atomic E-state index is 10.1. The van der Waals surface area contributed by atoms with Gasteiger partial charge < -0.3 is 10.1 Å². The van der Waals surface area contributed by atoms with Gasteiger partial charge in [-0.15, -0.1) is 0 Å². The van der Waals surface area contributed by atoms with Gasteiger partial charge in [0.15, 0.2) is 0 Å². The molecule has 13 heavy (non-hydrogen) atoms. The number of aromatic nitrogens is 1. The zero-order valence-electron chi connectivity index (χ0n) is 7.36. The molecular weight excluding hydrogens is 166 g/mol. The molecule has 0 aromatic carbocycles. The largest absolute Gasteiger partial charge is 0.478 e. The Morgan fingerprint density at radius 2 is 2.08 bits per heavy atom. The van der Waals surface area contributed by atoms with Crippen LogP contribution in [0.4, 0.5) is 0 Å². The van der Waals surface area contributed by atoms with E-state index in [2.05, 4.69) is 4.98 Å². The van der Waals surface area contributed by atoms with E-state index in [0.29, 0.717) is 5.57 Å². The number of carboxylic acids is 1. The number of carboxylic acid groups (broad SMARTS) is 1. The van der Waals surface area contributed by atoms with Crippen molar-refractivity contribution in [1.82, 2.24) is 4.98 Å². The molecule has 1 aromatic rings. The summed E-state index contributed by atoms with van der Waals surface area (Å²) in [7, 11) is 0. The minimum absolute atomic E-state index is 0.588. The Morgan fingerprint density at radius 3 is 2.31 bits per heavy atom. The van der Waals surface area contributed by atoms with Gasteiger partial charge >= 0.3 is 5.97 Å². The summed E-state index contributed by atoms with van der Waals surface area (Å²) in [5.41, 5.74) is 0.588. The fraction of sp³-hybridized carbons (Fsp3) is 0.300. The predicted molar refractivity (Wildman–Crippen MR) is 50.4 cm³/mol. The molecule has 1 aliphatic rings. The third-order valence-electron chi connectivity index (χ3n) is 1.81. The van der Waals surface area contributed by atoms with E-state index < -0.39 is 5.97 Å². The standard InChI is InChI=1S/C6H8O2.C4H5N/c7-6(8)5-3-1-2-4-5;1-2-4-5-3-1/h3H,1-2,4H2,(H,7,8);1-5H. The van der Waals surface area contributed by atoms with Crippen LogP contribution in [0.25, 0.3) is 0 Å². The third-order valence-corrected chi connectivity index (χ3v) is 1.81. The molecule has 0 spiro atoms. The summed E-state index contributed by atoms with van der Waals surface area (Å²) in [4.78, 5) is 13.0. The predicted octanol–water partition coefficient (Wildman–Crippen LogP) is 2.20. The van der Waals surface area contributed by atoms with Crippen molar-refractivity contribution in [1.29, 1.82) is 0 Å². The van der Waals surface area contributed by atoms with Crippen LogP contribution in [0.5, 0.6) is 0 Å². The molecule has 1 heterocycles. The minimum Gasteiger partial charge on any atom is -0.478 e. The van der Waals surface area contributed by atoms with E-state index in [1.807, 2.05) is 24.5 Å². The molecule has 3 nitrogen and oxygen atoms in total. The van der Waals surface area contributed by atoms with Crippen LogP contribution in [-0.2, 0) is 4.79 Å². The van der Waals surface area contributed by atoms with Gasteiger partial charge in [0.25, 0.3) is 0 Å².